The lowest BCUT2D eigenvalue weighted by Gasteiger charge is -2.00. The fourth-order valence-electron chi connectivity index (χ4n) is 1.39. The van der Waals surface area contributed by atoms with Gasteiger partial charge in [-0.15, -0.1) is 0 Å². The van der Waals surface area contributed by atoms with Gasteiger partial charge in [0, 0.05) is 32.1 Å². The van der Waals surface area contributed by atoms with Gasteiger partial charge in [0.25, 0.3) is 0 Å². The van der Waals surface area contributed by atoms with Crippen LogP contribution in [0.4, 0.5) is 0 Å². The van der Waals surface area contributed by atoms with Gasteiger partial charge in [-0.05, 0) is 11.6 Å². The lowest BCUT2D eigenvalue weighted by atomic mass is 10.1. The summed E-state index contributed by atoms with van der Waals surface area (Å²) in [5, 5.41) is 4.47. The van der Waals surface area contributed by atoms with Crippen LogP contribution in [0.5, 0.6) is 0 Å². The molecule has 2 aromatic rings. The molecule has 0 saturated carbocycles. The van der Waals surface area contributed by atoms with Crippen molar-refractivity contribution in [3.05, 3.63) is 47.0 Å². The van der Waals surface area contributed by atoms with Crippen molar-refractivity contribution in [3.63, 3.8) is 0 Å². The Kier molecular flexibility index (Phi) is 3.01. The number of aryl methyl sites for hydroxylation is 1. The Balaban J connectivity index is 2.17. The third-order valence-electron chi connectivity index (χ3n) is 2.23. The summed E-state index contributed by atoms with van der Waals surface area (Å²) in [4.78, 5) is 15.7. The van der Waals surface area contributed by atoms with E-state index in [9.17, 15) is 4.79 Å². The lowest BCUT2D eigenvalue weighted by Crippen LogP contribution is -2.03. The van der Waals surface area contributed by atoms with Gasteiger partial charge in [0.1, 0.15) is 0 Å². The van der Waals surface area contributed by atoms with Gasteiger partial charge < -0.3 is 0 Å². The first-order valence-electron chi connectivity index (χ1n) is 4.77. The van der Waals surface area contributed by atoms with E-state index >= 15 is 0 Å². The number of Topliss-reactive ketones (excluding diaryl/α,β-unsaturated/α-hetero) is 1. The predicted molar refractivity (Wildman–Crippen MR) is 60.5 cm³/mol. The van der Waals surface area contributed by atoms with Crippen molar-refractivity contribution < 1.29 is 4.79 Å². The molecule has 0 radical (unpaired) electrons. The second-order valence-corrected chi connectivity index (χ2v) is 3.88. The molecule has 0 spiro atoms. The van der Waals surface area contributed by atoms with E-state index in [0.29, 0.717) is 10.6 Å². The van der Waals surface area contributed by atoms with Crippen molar-refractivity contribution in [3.8, 4) is 0 Å². The van der Waals surface area contributed by atoms with Gasteiger partial charge in [-0.1, -0.05) is 11.6 Å². The number of halogens is 1. The predicted octanol–water partition coefficient (Wildman–Crippen LogP) is 1.89. The number of pyridine rings is 1. The Morgan fingerprint density at radius 2 is 2.31 bits per heavy atom. The fraction of sp³-hybridized carbons (Fsp3) is 0.182. The number of carbonyl (C=O) groups excluding carboxylic acids is 1. The first-order valence-corrected chi connectivity index (χ1v) is 5.15. The Bertz CT molecular complexity index is 521. The van der Waals surface area contributed by atoms with Crippen LogP contribution in [0.15, 0.2) is 30.9 Å². The van der Waals surface area contributed by atoms with Gasteiger partial charge in [0.2, 0.25) is 0 Å². The Labute approximate surface area is 97.9 Å². The van der Waals surface area contributed by atoms with E-state index in [4.69, 9.17) is 11.6 Å². The smallest absolute Gasteiger partial charge is 0.170 e. The summed E-state index contributed by atoms with van der Waals surface area (Å²) in [6.07, 6.45) is 6.67. The van der Waals surface area contributed by atoms with Crippen molar-refractivity contribution >= 4 is 17.4 Å². The summed E-state index contributed by atoms with van der Waals surface area (Å²) in [6, 6.07) is 1.75. The minimum absolute atomic E-state index is 0.00111. The van der Waals surface area contributed by atoms with Crippen LogP contribution in [-0.2, 0) is 13.5 Å². The molecule has 0 bridgehead atoms. The zero-order chi connectivity index (χ0) is 11.5. The molecule has 2 heterocycles. The average molecular weight is 236 g/mol. The van der Waals surface area contributed by atoms with Crippen LogP contribution in [0.3, 0.4) is 0 Å². The molecule has 0 aliphatic rings. The van der Waals surface area contributed by atoms with E-state index in [-0.39, 0.29) is 12.2 Å². The standard InChI is InChI=1S/C11H10ClN3O/c1-15-7-9(5-14-15)11(16)4-8-2-3-13-6-10(8)12/h2-3,5-7H,4H2,1H3. The quantitative estimate of drug-likeness (QED) is 0.764. The molecule has 2 rings (SSSR count). The minimum Gasteiger partial charge on any atom is -0.294 e. The number of hydrogen-bond donors (Lipinski definition) is 0. The van der Waals surface area contributed by atoms with E-state index in [1.807, 2.05) is 0 Å². The molecule has 0 amide bonds. The number of rotatable bonds is 3. The van der Waals surface area contributed by atoms with Crippen LogP contribution in [0.1, 0.15) is 15.9 Å². The lowest BCUT2D eigenvalue weighted by molar-refractivity contribution is 0.0993. The summed E-state index contributed by atoms with van der Waals surface area (Å²) >= 11 is 5.93. The zero-order valence-corrected chi connectivity index (χ0v) is 9.48. The largest absolute Gasteiger partial charge is 0.294 e. The highest BCUT2D eigenvalue weighted by Crippen LogP contribution is 2.15. The normalized spacial score (nSPS) is 10.4. The summed E-state index contributed by atoms with van der Waals surface area (Å²) < 4.78 is 1.60. The van der Waals surface area contributed by atoms with E-state index < -0.39 is 0 Å². The maximum Gasteiger partial charge on any atom is 0.170 e. The molecular formula is C11H10ClN3O. The van der Waals surface area contributed by atoms with Crippen molar-refractivity contribution in [1.82, 2.24) is 14.8 Å². The van der Waals surface area contributed by atoms with Crippen molar-refractivity contribution in [2.24, 2.45) is 7.05 Å². The number of aromatic nitrogens is 3. The molecule has 0 fully saturated rings. The molecule has 0 aliphatic heterocycles. The highest BCUT2D eigenvalue weighted by Gasteiger charge is 2.10. The first-order chi connectivity index (χ1) is 7.66. The minimum atomic E-state index is 0.00111. The summed E-state index contributed by atoms with van der Waals surface area (Å²) in [6.45, 7) is 0. The maximum absolute atomic E-state index is 11.8. The molecule has 2 aromatic heterocycles. The zero-order valence-electron chi connectivity index (χ0n) is 8.72. The number of nitrogens with zero attached hydrogens (tertiary/aromatic N) is 3. The van der Waals surface area contributed by atoms with E-state index in [2.05, 4.69) is 10.1 Å². The van der Waals surface area contributed by atoms with Gasteiger partial charge in [0.15, 0.2) is 5.78 Å². The molecule has 4 nitrogen and oxygen atoms in total. The third-order valence-corrected chi connectivity index (χ3v) is 2.57. The van der Waals surface area contributed by atoms with Crippen LogP contribution >= 0.6 is 11.6 Å². The maximum atomic E-state index is 11.8. The van der Waals surface area contributed by atoms with Crippen molar-refractivity contribution in [2.45, 2.75) is 6.42 Å². The summed E-state index contributed by atoms with van der Waals surface area (Å²) in [7, 11) is 1.77. The molecular weight excluding hydrogens is 226 g/mol. The van der Waals surface area contributed by atoms with Crippen LogP contribution in [-0.4, -0.2) is 20.5 Å². The summed E-state index contributed by atoms with van der Waals surface area (Å²) in [5.74, 6) is 0.00111. The van der Waals surface area contributed by atoms with E-state index in [1.165, 1.54) is 6.20 Å². The van der Waals surface area contributed by atoms with Crippen LogP contribution < -0.4 is 0 Å². The number of ketones is 1. The van der Waals surface area contributed by atoms with E-state index in [0.717, 1.165) is 5.56 Å². The number of carbonyl (C=O) groups is 1. The Morgan fingerprint density at radius 1 is 1.50 bits per heavy atom. The molecule has 0 saturated heterocycles. The van der Waals surface area contributed by atoms with Gasteiger partial charge in [0.05, 0.1) is 16.8 Å². The topological polar surface area (TPSA) is 47.8 Å². The second-order valence-electron chi connectivity index (χ2n) is 3.47. The molecule has 0 aliphatic carbocycles. The second kappa shape index (κ2) is 4.45. The third kappa shape index (κ3) is 2.28. The van der Waals surface area contributed by atoms with Crippen molar-refractivity contribution in [1.29, 1.82) is 0 Å². The molecule has 16 heavy (non-hydrogen) atoms. The first kappa shape index (κ1) is 10.8. The molecule has 0 unspecified atom stereocenters. The molecule has 0 N–H and O–H groups in total. The fourth-order valence-corrected chi connectivity index (χ4v) is 1.57. The molecule has 5 heteroatoms. The molecule has 82 valence electrons. The SMILES string of the molecule is Cn1cc(C(=O)Cc2ccncc2Cl)cn1. The van der Waals surface area contributed by atoms with Gasteiger partial charge >= 0.3 is 0 Å². The molecule has 0 aromatic carbocycles. The Hall–Kier alpha value is -1.68. The highest BCUT2D eigenvalue weighted by atomic mass is 35.5. The number of hydrogen-bond acceptors (Lipinski definition) is 3. The Morgan fingerprint density at radius 3 is 2.94 bits per heavy atom. The van der Waals surface area contributed by atoms with Crippen LogP contribution in [0, 0.1) is 0 Å². The van der Waals surface area contributed by atoms with Gasteiger partial charge in [-0.2, -0.15) is 5.10 Å². The average Bonchev–Trinajstić information content (AvgIpc) is 2.68. The van der Waals surface area contributed by atoms with Crippen LogP contribution in [0.2, 0.25) is 5.02 Å². The summed E-state index contributed by atoms with van der Waals surface area (Å²) in [5.41, 5.74) is 1.38. The van der Waals surface area contributed by atoms with Gasteiger partial charge in [-0.3, -0.25) is 14.5 Å². The van der Waals surface area contributed by atoms with Crippen molar-refractivity contribution in [2.75, 3.05) is 0 Å². The monoisotopic (exact) mass is 235 g/mol. The van der Waals surface area contributed by atoms with Gasteiger partial charge in [-0.25, -0.2) is 0 Å². The van der Waals surface area contributed by atoms with Crippen LogP contribution in [0.25, 0.3) is 0 Å². The highest BCUT2D eigenvalue weighted by molar-refractivity contribution is 6.31. The van der Waals surface area contributed by atoms with E-state index in [1.54, 1.807) is 36.4 Å². The molecule has 0 atom stereocenters.